The SMILES string of the molecule is C.C.C=CC(N)=O. The predicted molar refractivity (Wildman–Crippen MR) is 32.9 cm³/mol. The summed E-state index contributed by atoms with van der Waals surface area (Å²) < 4.78 is 0. The van der Waals surface area contributed by atoms with Crippen LogP contribution in [-0.4, -0.2) is 5.91 Å². The van der Waals surface area contributed by atoms with Crippen LogP contribution in [0.5, 0.6) is 0 Å². The molecule has 0 radical (unpaired) electrons. The van der Waals surface area contributed by atoms with Crippen molar-refractivity contribution in [3.63, 3.8) is 0 Å². The molecule has 2 N–H and O–H groups in total. The first-order valence-electron chi connectivity index (χ1n) is 1.19. The summed E-state index contributed by atoms with van der Waals surface area (Å²) in [6.07, 6.45) is 1.06. The number of carbonyl (C=O) groups is 1. The van der Waals surface area contributed by atoms with Gasteiger partial charge >= 0.3 is 0 Å². The van der Waals surface area contributed by atoms with E-state index in [1.165, 1.54) is 0 Å². The normalized spacial score (nSPS) is 4.57. The van der Waals surface area contributed by atoms with Gasteiger partial charge in [-0.05, 0) is 6.08 Å². The Morgan fingerprint density at radius 3 is 1.71 bits per heavy atom. The van der Waals surface area contributed by atoms with E-state index in [0.29, 0.717) is 0 Å². The highest BCUT2D eigenvalue weighted by atomic mass is 16.1. The molecule has 2 heteroatoms. The maximum absolute atomic E-state index is 9.47. The molecule has 0 saturated heterocycles. The van der Waals surface area contributed by atoms with Gasteiger partial charge < -0.3 is 5.73 Å². The van der Waals surface area contributed by atoms with Crippen LogP contribution in [0.3, 0.4) is 0 Å². The summed E-state index contributed by atoms with van der Waals surface area (Å²) in [5.74, 6) is -0.481. The Morgan fingerprint density at radius 1 is 1.57 bits per heavy atom. The molecule has 1 amide bonds. The predicted octanol–water partition coefficient (Wildman–Crippen LogP) is 0.930. The first-order chi connectivity index (χ1) is 2.27. The second-order valence-corrected chi connectivity index (χ2v) is 0.606. The molecule has 0 rings (SSSR count). The molecule has 0 fully saturated rings. The molecule has 0 aliphatic carbocycles. The van der Waals surface area contributed by atoms with Crippen LogP contribution in [0, 0.1) is 0 Å². The molecular weight excluding hydrogens is 90.1 g/mol. The molecule has 0 aliphatic rings. The van der Waals surface area contributed by atoms with Crippen LogP contribution >= 0.6 is 0 Å². The van der Waals surface area contributed by atoms with Gasteiger partial charge in [-0.15, -0.1) is 0 Å². The second-order valence-electron chi connectivity index (χ2n) is 0.606. The van der Waals surface area contributed by atoms with E-state index in [1.807, 2.05) is 0 Å². The second kappa shape index (κ2) is 8.96. The van der Waals surface area contributed by atoms with E-state index in [9.17, 15) is 4.79 Å². The fourth-order valence-corrected chi connectivity index (χ4v) is 0. The first-order valence-corrected chi connectivity index (χ1v) is 1.19. The van der Waals surface area contributed by atoms with Gasteiger partial charge in [-0.25, -0.2) is 0 Å². The molecule has 0 aliphatic heterocycles. The van der Waals surface area contributed by atoms with Crippen LogP contribution in [-0.2, 0) is 4.79 Å². The fraction of sp³-hybridized carbons (Fsp3) is 0.400. The van der Waals surface area contributed by atoms with Crippen LogP contribution in [0.2, 0.25) is 0 Å². The zero-order valence-electron chi connectivity index (χ0n) is 2.77. The van der Waals surface area contributed by atoms with Crippen molar-refractivity contribution in [3.05, 3.63) is 12.7 Å². The highest BCUT2D eigenvalue weighted by molar-refractivity contribution is 5.84. The molecule has 44 valence electrons. The van der Waals surface area contributed by atoms with Crippen LogP contribution < -0.4 is 5.73 Å². The molecule has 0 aromatic carbocycles. The molecule has 0 atom stereocenters. The summed E-state index contributed by atoms with van der Waals surface area (Å²) in [4.78, 5) is 9.47. The van der Waals surface area contributed by atoms with Gasteiger partial charge in [-0.2, -0.15) is 0 Å². The van der Waals surface area contributed by atoms with Crippen molar-refractivity contribution in [2.24, 2.45) is 5.73 Å². The number of hydrogen-bond donors (Lipinski definition) is 1. The van der Waals surface area contributed by atoms with Crippen LogP contribution in [0.1, 0.15) is 14.9 Å². The Hall–Kier alpha value is -0.790. The third-order valence-electron chi connectivity index (χ3n) is 0.201. The lowest BCUT2D eigenvalue weighted by Crippen LogP contribution is -2.04. The smallest absolute Gasteiger partial charge is 0.240 e. The Labute approximate surface area is 45.0 Å². The van der Waals surface area contributed by atoms with Crippen LogP contribution in [0.4, 0.5) is 0 Å². The minimum absolute atomic E-state index is 0. The molecule has 0 aromatic rings. The summed E-state index contributed by atoms with van der Waals surface area (Å²) in [7, 11) is 0. The summed E-state index contributed by atoms with van der Waals surface area (Å²) >= 11 is 0. The number of hydrogen-bond acceptors (Lipinski definition) is 1. The van der Waals surface area contributed by atoms with Gasteiger partial charge in [0, 0.05) is 0 Å². The van der Waals surface area contributed by atoms with Crippen molar-refractivity contribution in [3.8, 4) is 0 Å². The summed E-state index contributed by atoms with van der Waals surface area (Å²) in [5, 5.41) is 0. The van der Waals surface area contributed by atoms with E-state index in [-0.39, 0.29) is 14.9 Å². The summed E-state index contributed by atoms with van der Waals surface area (Å²) in [5.41, 5.74) is 4.53. The number of primary amides is 1. The highest BCUT2D eigenvalue weighted by Crippen LogP contribution is 1.48. The van der Waals surface area contributed by atoms with E-state index >= 15 is 0 Å². The number of rotatable bonds is 1. The van der Waals surface area contributed by atoms with Crippen molar-refractivity contribution in [1.29, 1.82) is 0 Å². The Bertz CT molecular complexity index is 59.1. The molecular formula is C5H13NO. The maximum atomic E-state index is 9.47. The molecule has 0 aromatic heterocycles. The van der Waals surface area contributed by atoms with Gasteiger partial charge in [-0.1, -0.05) is 21.4 Å². The molecule has 0 bridgehead atoms. The van der Waals surface area contributed by atoms with Crippen molar-refractivity contribution in [2.75, 3.05) is 0 Å². The highest BCUT2D eigenvalue weighted by Gasteiger charge is 1.69. The lowest BCUT2D eigenvalue weighted by molar-refractivity contribution is -0.113. The van der Waals surface area contributed by atoms with E-state index < -0.39 is 5.91 Å². The fourth-order valence-electron chi connectivity index (χ4n) is 0. The van der Waals surface area contributed by atoms with E-state index in [2.05, 4.69) is 12.3 Å². The molecule has 2 nitrogen and oxygen atoms in total. The number of carbonyl (C=O) groups excluding carboxylic acids is 1. The van der Waals surface area contributed by atoms with Crippen molar-refractivity contribution in [1.82, 2.24) is 0 Å². The molecule has 7 heavy (non-hydrogen) atoms. The van der Waals surface area contributed by atoms with Gasteiger partial charge in [0.05, 0.1) is 0 Å². The minimum Gasteiger partial charge on any atom is -0.366 e. The largest absolute Gasteiger partial charge is 0.366 e. The Kier molecular flexibility index (Phi) is 20.9. The number of nitrogens with two attached hydrogens (primary N) is 1. The van der Waals surface area contributed by atoms with Gasteiger partial charge in [-0.3, -0.25) is 4.79 Å². The minimum atomic E-state index is -0.481. The van der Waals surface area contributed by atoms with Crippen LogP contribution in [0.25, 0.3) is 0 Å². The van der Waals surface area contributed by atoms with Crippen molar-refractivity contribution in [2.45, 2.75) is 14.9 Å². The molecule has 0 spiro atoms. The van der Waals surface area contributed by atoms with Gasteiger partial charge in [0.1, 0.15) is 0 Å². The average molecular weight is 103 g/mol. The summed E-state index contributed by atoms with van der Waals surface area (Å²) in [6, 6.07) is 0. The summed E-state index contributed by atoms with van der Waals surface area (Å²) in [6.45, 7) is 3.09. The van der Waals surface area contributed by atoms with Crippen molar-refractivity contribution >= 4 is 5.91 Å². The quantitative estimate of drug-likeness (QED) is 0.493. The standard InChI is InChI=1S/C3H5NO.2CH4/c1-2-3(4)5;;/h2H,1H2,(H2,4,5);2*1H4. The first kappa shape index (κ1) is 16.4. The van der Waals surface area contributed by atoms with Gasteiger partial charge in [0.2, 0.25) is 5.91 Å². The van der Waals surface area contributed by atoms with E-state index in [0.717, 1.165) is 6.08 Å². The molecule has 0 saturated carbocycles. The van der Waals surface area contributed by atoms with Gasteiger partial charge in [0.15, 0.2) is 0 Å². The van der Waals surface area contributed by atoms with E-state index in [4.69, 9.17) is 0 Å². The average Bonchev–Trinajstić information content (AvgIpc) is 1.38. The zero-order chi connectivity index (χ0) is 4.28. The van der Waals surface area contributed by atoms with Crippen molar-refractivity contribution < 1.29 is 4.79 Å². The Morgan fingerprint density at radius 2 is 1.71 bits per heavy atom. The number of amides is 1. The molecule has 0 heterocycles. The monoisotopic (exact) mass is 103 g/mol. The third-order valence-corrected chi connectivity index (χ3v) is 0.201. The van der Waals surface area contributed by atoms with Crippen LogP contribution in [0.15, 0.2) is 12.7 Å². The van der Waals surface area contributed by atoms with Gasteiger partial charge in [0.25, 0.3) is 0 Å². The Balaban J connectivity index is -0.0000000800. The lowest BCUT2D eigenvalue weighted by atomic mass is 10.6. The maximum Gasteiger partial charge on any atom is 0.240 e. The lowest BCUT2D eigenvalue weighted by Gasteiger charge is -1.65. The van der Waals surface area contributed by atoms with E-state index in [1.54, 1.807) is 0 Å². The molecule has 0 unspecified atom stereocenters. The topological polar surface area (TPSA) is 43.1 Å². The third kappa shape index (κ3) is 36.7. The zero-order valence-corrected chi connectivity index (χ0v) is 2.77.